The van der Waals surface area contributed by atoms with Crippen LogP contribution in [0.3, 0.4) is 0 Å². The van der Waals surface area contributed by atoms with E-state index in [2.05, 4.69) is 11.8 Å². The van der Waals surface area contributed by atoms with Crippen LogP contribution in [0.1, 0.15) is 13.3 Å². The molecule has 0 spiro atoms. The molecule has 1 fully saturated rings. The second kappa shape index (κ2) is 5.84. The molecule has 0 amide bonds. The van der Waals surface area contributed by atoms with Gasteiger partial charge in [0.1, 0.15) is 0 Å². The molecule has 1 aliphatic rings. The Bertz CT molecular complexity index is 200. The summed E-state index contributed by atoms with van der Waals surface area (Å²) in [6.07, 6.45) is -3.18. The third-order valence-electron chi connectivity index (χ3n) is 3.02. The Labute approximate surface area is 94.4 Å². The van der Waals surface area contributed by atoms with Crippen LogP contribution in [0.15, 0.2) is 0 Å². The van der Waals surface area contributed by atoms with Gasteiger partial charge in [0.2, 0.25) is 0 Å². The lowest BCUT2D eigenvalue weighted by Crippen LogP contribution is -2.51. The van der Waals surface area contributed by atoms with Crippen LogP contribution in [0.5, 0.6) is 0 Å². The average Bonchev–Trinajstić information content (AvgIpc) is 2.16. The van der Waals surface area contributed by atoms with Crippen molar-refractivity contribution in [3.05, 3.63) is 0 Å². The van der Waals surface area contributed by atoms with Crippen LogP contribution in [0.2, 0.25) is 0 Å². The second-order valence-electron chi connectivity index (χ2n) is 4.35. The summed E-state index contributed by atoms with van der Waals surface area (Å²) in [5.41, 5.74) is 5.46. The van der Waals surface area contributed by atoms with E-state index >= 15 is 0 Å². The molecule has 1 rings (SSSR count). The molecule has 0 aromatic carbocycles. The first kappa shape index (κ1) is 13.7. The molecule has 1 atom stereocenters. The zero-order valence-corrected chi connectivity index (χ0v) is 9.63. The van der Waals surface area contributed by atoms with Gasteiger partial charge >= 0.3 is 6.18 Å². The van der Waals surface area contributed by atoms with Gasteiger partial charge in [-0.05, 0) is 19.9 Å². The topological polar surface area (TPSA) is 32.5 Å². The van der Waals surface area contributed by atoms with E-state index in [0.29, 0.717) is 38.8 Å². The molecule has 1 aliphatic heterocycles. The minimum Gasteiger partial charge on any atom is -0.330 e. The summed E-state index contributed by atoms with van der Waals surface area (Å²) in [5, 5.41) is 0. The third-order valence-corrected chi connectivity index (χ3v) is 3.02. The molecule has 1 unspecified atom stereocenters. The van der Waals surface area contributed by atoms with Crippen molar-refractivity contribution in [3.63, 3.8) is 0 Å². The van der Waals surface area contributed by atoms with Gasteiger partial charge in [-0.3, -0.25) is 9.80 Å². The molecule has 0 aliphatic carbocycles. The van der Waals surface area contributed by atoms with Gasteiger partial charge in [0, 0.05) is 32.2 Å². The zero-order valence-electron chi connectivity index (χ0n) is 9.63. The number of piperazine rings is 1. The van der Waals surface area contributed by atoms with Crippen molar-refractivity contribution in [1.82, 2.24) is 9.80 Å². The Kier molecular flexibility index (Phi) is 5.01. The third kappa shape index (κ3) is 4.67. The molecule has 16 heavy (non-hydrogen) atoms. The van der Waals surface area contributed by atoms with Gasteiger partial charge in [0.15, 0.2) is 0 Å². The summed E-state index contributed by atoms with van der Waals surface area (Å²) in [7, 11) is 0. The maximum Gasteiger partial charge on any atom is 0.401 e. The lowest BCUT2D eigenvalue weighted by molar-refractivity contribution is -0.149. The van der Waals surface area contributed by atoms with Crippen LogP contribution >= 0.6 is 0 Å². The zero-order chi connectivity index (χ0) is 12.2. The van der Waals surface area contributed by atoms with Crippen LogP contribution in [-0.4, -0.2) is 61.3 Å². The fraction of sp³-hybridized carbons (Fsp3) is 1.00. The quantitative estimate of drug-likeness (QED) is 0.791. The largest absolute Gasteiger partial charge is 0.401 e. The molecule has 96 valence electrons. The van der Waals surface area contributed by atoms with Crippen molar-refractivity contribution < 1.29 is 13.2 Å². The van der Waals surface area contributed by atoms with E-state index in [4.69, 9.17) is 5.73 Å². The number of hydrogen-bond acceptors (Lipinski definition) is 3. The van der Waals surface area contributed by atoms with Gasteiger partial charge in [-0.2, -0.15) is 13.2 Å². The summed E-state index contributed by atoms with van der Waals surface area (Å²) >= 11 is 0. The molecule has 3 nitrogen and oxygen atoms in total. The van der Waals surface area contributed by atoms with Crippen molar-refractivity contribution in [2.45, 2.75) is 25.6 Å². The Balaban J connectivity index is 2.28. The van der Waals surface area contributed by atoms with Crippen molar-refractivity contribution in [2.24, 2.45) is 5.73 Å². The maximum atomic E-state index is 12.1. The summed E-state index contributed by atoms with van der Waals surface area (Å²) < 4.78 is 36.4. The minimum atomic E-state index is -4.08. The van der Waals surface area contributed by atoms with Gasteiger partial charge in [-0.15, -0.1) is 0 Å². The minimum absolute atomic E-state index is 0.373. The van der Waals surface area contributed by atoms with Gasteiger partial charge in [0.05, 0.1) is 6.54 Å². The number of nitrogens with two attached hydrogens (primary N) is 1. The smallest absolute Gasteiger partial charge is 0.330 e. The number of nitrogens with zero attached hydrogens (tertiary/aromatic N) is 2. The SMILES string of the molecule is CC(CCN)N1CCN(CC(F)(F)F)CC1. The molecule has 2 N–H and O–H groups in total. The molecule has 0 radical (unpaired) electrons. The second-order valence-corrected chi connectivity index (χ2v) is 4.35. The van der Waals surface area contributed by atoms with Gasteiger partial charge in [0.25, 0.3) is 0 Å². The normalized spacial score (nSPS) is 22.3. The summed E-state index contributed by atoms with van der Waals surface area (Å²) in [6.45, 7) is 4.32. The van der Waals surface area contributed by atoms with Crippen molar-refractivity contribution in [3.8, 4) is 0 Å². The number of halogens is 3. The monoisotopic (exact) mass is 239 g/mol. The lowest BCUT2D eigenvalue weighted by atomic mass is 10.1. The summed E-state index contributed by atoms with van der Waals surface area (Å²) in [6, 6.07) is 0.373. The first-order chi connectivity index (χ1) is 7.42. The predicted octanol–water partition coefficient (Wildman–Crippen LogP) is 0.904. The van der Waals surface area contributed by atoms with Crippen LogP contribution in [0, 0.1) is 0 Å². The molecule has 0 aromatic heterocycles. The number of alkyl halides is 3. The van der Waals surface area contributed by atoms with Gasteiger partial charge in [-0.1, -0.05) is 0 Å². The standard InChI is InChI=1S/C10H20F3N3/c1-9(2-3-14)16-6-4-15(5-7-16)8-10(11,12)13/h9H,2-8,14H2,1H3. The average molecular weight is 239 g/mol. The van der Waals surface area contributed by atoms with Crippen molar-refractivity contribution in [2.75, 3.05) is 39.3 Å². The van der Waals surface area contributed by atoms with Crippen LogP contribution in [-0.2, 0) is 0 Å². The maximum absolute atomic E-state index is 12.1. The Morgan fingerprint density at radius 2 is 1.75 bits per heavy atom. The highest BCUT2D eigenvalue weighted by Gasteiger charge is 2.32. The Morgan fingerprint density at radius 1 is 1.19 bits per heavy atom. The highest BCUT2D eigenvalue weighted by Crippen LogP contribution is 2.18. The molecule has 1 saturated heterocycles. The Morgan fingerprint density at radius 3 is 2.19 bits per heavy atom. The molecular weight excluding hydrogens is 219 g/mol. The molecule has 0 bridgehead atoms. The van der Waals surface area contributed by atoms with Crippen LogP contribution < -0.4 is 5.73 Å². The van der Waals surface area contributed by atoms with E-state index in [-0.39, 0.29) is 0 Å². The van der Waals surface area contributed by atoms with Crippen molar-refractivity contribution >= 4 is 0 Å². The predicted molar refractivity (Wildman–Crippen MR) is 57.2 cm³/mol. The Hall–Kier alpha value is -0.330. The fourth-order valence-electron chi connectivity index (χ4n) is 2.04. The first-order valence-corrected chi connectivity index (χ1v) is 5.65. The number of rotatable bonds is 4. The summed E-state index contributed by atoms with van der Waals surface area (Å²) in [5.74, 6) is 0. The van der Waals surface area contributed by atoms with Gasteiger partial charge in [-0.25, -0.2) is 0 Å². The van der Waals surface area contributed by atoms with E-state index in [1.165, 1.54) is 4.90 Å². The highest BCUT2D eigenvalue weighted by atomic mass is 19.4. The molecule has 6 heteroatoms. The van der Waals surface area contributed by atoms with Crippen molar-refractivity contribution in [1.29, 1.82) is 0 Å². The van der Waals surface area contributed by atoms with Crippen LogP contribution in [0.4, 0.5) is 13.2 Å². The van der Waals surface area contributed by atoms with Crippen LogP contribution in [0.25, 0.3) is 0 Å². The van der Waals surface area contributed by atoms with E-state index in [1.54, 1.807) is 0 Å². The molecule has 0 aromatic rings. The van der Waals surface area contributed by atoms with E-state index in [1.807, 2.05) is 0 Å². The van der Waals surface area contributed by atoms with E-state index in [0.717, 1.165) is 6.42 Å². The lowest BCUT2D eigenvalue weighted by Gasteiger charge is -2.38. The number of hydrogen-bond donors (Lipinski definition) is 1. The van der Waals surface area contributed by atoms with E-state index < -0.39 is 12.7 Å². The molecule has 1 heterocycles. The molecule has 0 saturated carbocycles. The van der Waals surface area contributed by atoms with Gasteiger partial charge < -0.3 is 5.73 Å². The summed E-state index contributed by atoms with van der Waals surface area (Å²) in [4.78, 5) is 3.67. The molecular formula is C10H20F3N3. The fourth-order valence-corrected chi connectivity index (χ4v) is 2.04. The highest BCUT2D eigenvalue weighted by molar-refractivity contribution is 4.77. The van der Waals surface area contributed by atoms with E-state index in [9.17, 15) is 13.2 Å². The first-order valence-electron chi connectivity index (χ1n) is 5.65.